The average molecular weight is 378 g/mol. The minimum Gasteiger partial charge on any atom is -0.479 e. The van der Waals surface area contributed by atoms with Crippen LogP contribution in [0.15, 0.2) is 53.4 Å². The molecule has 1 aromatic carbocycles. The highest BCUT2D eigenvalue weighted by molar-refractivity contribution is 5.76. The van der Waals surface area contributed by atoms with Gasteiger partial charge in [0, 0.05) is 37.2 Å². The van der Waals surface area contributed by atoms with Crippen LogP contribution in [-0.2, 0) is 17.8 Å². The summed E-state index contributed by atoms with van der Waals surface area (Å²) < 4.78 is 11.7. The maximum absolute atomic E-state index is 12.0. The van der Waals surface area contributed by atoms with E-state index in [1.54, 1.807) is 16.8 Å². The molecule has 0 atom stereocenters. The molecule has 0 bridgehead atoms. The second-order valence-corrected chi connectivity index (χ2v) is 6.11. The SMILES string of the molecule is COc1cc(CCC(=O)NCc2ccc(-c3ccnc4ncnn34)cc2)on1. The smallest absolute Gasteiger partial charge is 0.254 e. The van der Waals surface area contributed by atoms with E-state index in [0.29, 0.717) is 36.8 Å². The van der Waals surface area contributed by atoms with Gasteiger partial charge in [0.25, 0.3) is 11.7 Å². The number of aryl methyl sites for hydroxylation is 1. The van der Waals surface area contributed by atoms with Gasteiger partial charge in [0.1, 0.15) is 12.1 Å². The zero-order valence-electron chi connectivity index (χ0n) is 15.2. The van der Waals surface area contributed by atoms with E-state index in [-0.39, 0.29) is 5.91 Å². The van der Waals surface area contributed by atoms with Crippen LogP contribution in [0.5, 0.6) is 5.88 Å². The van der Waals surface area contributed by atoms with Gasteiger partial charge in [-0.2, -0.15) is 14.6 Å². The molecule has 1 N–H and O–H groups in total. The number of carbonyl (C=O) groups excluding carboxylic acids is 1. The van der Waals surface area contributed by atoms with Crippen molar-refractivity contribution in [3.63, 3.8) is 0 Å². The Labute approximate surface area is 160 Å². The third kappa shape index (κ3) is 3.83. The molecule has 28 heavy (non-hydrogen) atoms. The summed E-state index contributed by atoms with van der Waals surface area (Å²) in [6.45, 7) is 0.452. The van der Waals surface area contributed by atoms with Crippen molar-refractivity contribution in [3.8, 4) is 17.1 Å². The summed E-state index contributed by atoms with van der Waals surface area (Å²) in [6, 6.07) is 11.5. The van der Waals surface area contributed by atoms with Crippen LogP contribution in [-0.4, -0.2) is 37.8 Å². The number of aromatic nitrogens is 5. The predicted molar refractivity (Wildman–Crippen MR) is 99.4 cm³/mol. The van der Waals surface area contributed by atoms with E-state index in [2.05, 4.69) is 25.5 Å². The fraction of sp³-hybridized carbons (Fsp3) is 0.211. The molecule has 3 aromatic heterocycles. The highest BCUT2D eigenvalue weighted by Gasteiger charge is 2.09. The van der Waals surface area contributed by atoms with Gasteiger partial charge in [-0.25, -0.2) is 4.98 Å². The van der Waals surface area contributed by atoms with Gasteiger partial charge < -0.3 is 14.6 Å². The molecule has 142 valence electrons. The second-order valence-electron chi connectivity index (χ2n) is 6.11. The van der Waals surface area contributed by atoms with Crippen LogP contribution < -0.4 is 10.1 Å². The van der Waals surface area contributed by atoms with Crippen molar-refractivity contribution in [2.75, 3.05) is 7.11 Å². The number of methoxy groups -OCH3 is 1. The van der Waals surface area contributed by atoms with Crippen LogP contribution >= 0.6 is 0 Å². The van der Waals surface area contributed by atoms with E-state index in [9.17, 15) is 4.79 Å². The number of nitrogens with zero attached hydrogens (tertiary/aromatic N) is 5. The molecule has 0 aliphatic carbocycles. The van der Waals surface area contributed by atoms with Crippen LogP contribution in [0.2, 0.25) is 0 Å². The quantitative estimate of drug-likeness (QED) is 0.524. The van der Waals surface area contributed by atoms with Crippen molar-refractivity contribution < 1.29 is 14.1 Å². The van der Waals surface area contributed by atoms with Crippen molar-refractivity contribution in [3.05, 3.63) is 60.2 Å². The molecular formula is C19H18N6O3. The molecule has 0 aliphatic rings. The Hall–Kier alpha value is -3.75. The fourth-order valence-corrected chi connectivity index (χ4v) is 2.78. The molecule has 0 radical (unpaired) electrons. The normalized spacial score (nSPS) is 10.9. The maximum Gasteiger partial charge on any atom is 0.254 e. The van der Waals surface area contributed by atoms with Gasteiger partial charge in [-0.05, 0) is 16.8 Å². The van der Waals surface area contributed by atoms with E-state index in [0.717, 1.165) is 16.8 Å². The molecule has 9 heteroatoms. The maximum atomic E-state index is 12.0. The molecular weight excluding hydrogens is 360 g/mol. The van der Waals surface area contributed by atoms with Crippen molar-refractivity contribution in [2.24, 2.45) is 0 Å². The second kappa shape index (κ2) is 7.87. The van der Waals surface area contributed by atoms with Gasteiger partial charge in [-0.15, -0.1) is 0 Å². The number of ether oxygens (including phenoxy) is 1. The summed E-state index contributed by atoms with van der Waals surface area (Å²) >= 11 is 0. The molecule has 0 fully saturated rings. The first-order valence-corrected chi connectivity index (χ1v) is 8.73. The molecule has 1 amide bonds. The van der Waals surface area contributed by atoms with Crippen molar-refractivity contribution >= 4 is 11.7 Å². The molecule has 0 saturated carbocycles. The summed E-state index contributed by atoms with van der Waals surface area (Å²) in [5.41, 5.74) is 2.90. The Morgan fingerprint density at radius 3 is 2.86 bits per heavy atom. The Morgan fingerprint density at radius 2 is 2.07 bits per heavy atom. The highest BCUT2D eigenvalue weighted by atomic mass is 16.5. The lowest BCUT2D eigenvalue weighted by molar-refractivity contribution is -0.121. The molecule has 0 saturated heterocycles. The highest BCUT2D eigenvalue weighted by Crippen LogP contribution is 2.19. The van der Waals surface area contributed by atoms with Crippen LogP contribution in [0.25, 0.3) is 17.0 Å². The van der Waals surface area contributed by atoms with Crippen LogP contribution in [0.3, 0.4) is 0 Å². The average Bonchev–Trinajstić information content (AvgIpc) is 3.40. The largest absolute Gasteiger partial charge is 0.479 e. The summed E-state index contributed by atoms with van der Waals surface area (Å²) in [5.74, 6) is 1.53. The van der Waals surface area contributed by atoms with Gasteiger partial charge in [-0.1, -0.05) is 24.3 Å². The third-order valence-electron chi connectivity index (χ3n) is 4.26. The summed E-state index contributed by atoms with van der Waals surface area (Å²) in [5, 5.41) is 10.8. The lowest BCUT2D eigenvalue weighted by Crippen LogP contribution is -2.22. The number of carbonyl (C=O) groups is 1. The minimum atomic E-state index is -0.0575. The molecule has 0 aliphatic heterocycles. The van der Waals surface area contributed by atoms with Gasteiger partial charge in [-0.3, -0.25) is 4.79 Å². The zero-order valence-corrected chi connectivity index (χ0v) is 15.2. The van der Waals surface area contributed by atoms with Crippen LogP contribution in [0, 0.1) is 0 Å². The lowest BCUT2D eigenvalue weighted by Gasteiger charge is -2.07. The van der Waals surface area contributed by atoms with Crippen molar-refractivity contribution in [1.82, 2.24) is 30.1 Å². The van der Waals surface area contributed by atoms with E-state index < -0.39 is 0 Å². The topological polar surface area (TPSA) is 107 Å². The number of rotatable bonds is 7. The van der Waals surface area contributed by atoms with E-state index in [1.165, 1.54) is 13.4 Å². The molecule has 9 nitrogen and oxygen atoms in total. The predicted octanol–water partition coefficient (Wildman–Crippen LogP) is 2.04. The molecule has 0 unspecified atom stereocenters. The summed E-state index contributed by atoms with van der Waals surface area (Å²) in [4.78, 5) is 20.3. The summed E-state index contributed by atoms with van der Waals surface area (Å²) in [7, 11) is 1.52. The van der Waals surface area contributed by atoms with Crippen LogP contribution in [0.1, 0.15) is 17.7 Å². The Bertz CT molecular complexity index is 1090. The van der Waals surface area contributed by atoms with Crippen molar-refractivity contribution in [1.29, 1.82) is 0 Å². The minimum absolute atomic E-state index is 0.0575. The third-order valence-corrected chi connectivity index (χ3v) is 4.26. The van der Waals surface area contributed by atoms with E-state index in [1.807, 2.05) is 30.3 Å². The Balaban J connectivity index is 1.33. The number of benzene rings is 1. The first-order valence-electron chi connectivity index (χ1n) is 8.73. The van der Waals surface area contributed by atoms with Gasteiger partial charge in [0.05, 0.1) is 12.8 Å². The number of fused-ring (bicyclic) bond motifs is 1. The Kier molecular flexibility index (Phi) is 4.96. The van der Waals surface area contributed by atoms with E-state index >= 15 is 0 Å². The van der Waals surface area contributed by atoms with E-state index in [4.69, 9.17) is 9.26 Å². The number of nitrogens with one attached hydrogen (secondary N) is 1. The standard InChI is InChI=1S/C19H18N6O3/c1-27-18-10-15(28-24-18)6-7-17(26)21-11-13-2-4-14(5-3-13)16-8-9-20-19-22-12-23-25(16)19/h2-5,8-10,12H,6-7,11H2,1H3,(H,21,26). The first-order chi connectivity index (χ1) is 13.7. The van der Waals surface area contributed by atoms with Crippen molar-refractivity contribution in [2.45, 2.75) is 19.4 Å². The molecule has 4 aromatic rings. The molecule has 0 spiro atoms. The van der Waals surface area contributed by atoms with Gasteiger partial charge in [0.15, 0.2) is 0 Å². The van der Waals surface area contributed by atoms with Gasteiger partial charge in [0.2, 0.25) is 5.91 Å². The number of hydrogen-bond donors (Lipinski definition) is 1. The molecule has 3 heterocycles. The number of amides is 1. The molecule has 4 rings (SSSR count). The fourth-order valence-electron chi connectivity index (χ4n) is 2.78. The first kappa shape index (κ1) is 17.7. The Morgan fingerprint density at radius 1 is 1.21 bits per heavy atom. The number of hydrogen-bond acceptors (Lipinski definition) is 7. The zero-order chi connectivity index (χ0) is 19.3. The monoisotopic (exact) mass is 378 g/mol. The summed E-state index contributed by atoms with van der Waals surface area (Å²) in [6.07, 6.45) is 3.97. The lowest BCUT2D eigenvalue weighted by atomic mass is 10.1. The van der Waals surface area contributed by atoms with Gasteiger partial charge >= 0.3 is 0 Å². The van der Waals surface area contributed by atoms with Crippen LogP contribution in [0.4, 0.5) is 0 Å².